The molecule has 4 nitrogen and oxygen atoms in total. The maximum Gasteiger partial charge on any atom is 0.221 e. The fourth-order valence-electron chi connectivity index (χ4n) is 1.83. The lowest BCUT2D eigenvalue weighted by molar-refractivity contribution is -0.114. The van der Waals surface area contributed by atoms with Crippen molar-refractivity contribution in [1.82, 2.24) is 0 Å². The highest BCUT2D eigenvalue weighted by molar-refractivity contribution is 5.99. The second kappa shape index (κ2) is 7.24. The van der Waals surface area contributed by atoms with Crippen LogP contribution in [0, 0.1) is 0 Å². The SMILES string of the molecule is CC(=O)Nc1ccc(/C(C)=N\OCc2ccccc2)cc1. The molecule has 1 amide bonds. The molecule has 0 spiro atoms. The van der Waals surface area contributed by atoms with Crippen LogP contribution >= 0.6 is 0 Å². The zero-order valence-electron chi connectivity index (χ0n) is 12.2. The Labute approximate surface area is 124 Å². The average molecular weight is 282 g/mol. The van der Waals surface area contributed by atoms with Crippen LogP contribution in [0.3, 0.4) is 0 Å². The number of nitrogens with one attached hydrogen (secondary N) is 1. The summed E-state index contributed by atoms with van der Waals surface area (Å²) in [6, 6.07) is 17.4. The molecule has 108 valence electrons. The maximum atomic E-state index is 11.0. The molecule has 0 aromatic heterocycles. The van der Waals surface area contributed by atoms with Gasteiger partial charge in [0.15, 0.2) is 0 Å². The number of carbonyl (C=O) groups is 1. The van der Waals surface area contributed by atoms with E-state index < -0.39 is 0 Å². The predicted molar refractivity (Wildman–Crippen MR) is 84.2 cm³/mol. The molecule has 0 saturated carbocycles. The van der Waals surface area contributed by atoms with E-state index in [4.69, 9.17) is 4.84 Å². The van der Waals surface area contributed by atoms with Gasteiger partial charge in [0.05, 0.1) is 5.71 Å². The zero-order chi connectivity index (χ0) is 15.1. The van der Waals surface area contributed by atoms with Gasteiger partial charge in [0.2, 0.25) is 5.91 Å². The minimum absolute atomic E-state index is 0.0840. The Hall–Kier alpha value is -2.62. The molecule has 2 rings (SSSR count). The lowest BCUT2D eigenvalue weighted by atomic mass is 10.1. The summed E-state index contributed by atoms with van der Waals surface area (Å²) in [4.78, 5) is 16.3. The molecule has 4 heteroatoms. The van der Waals surface area contributed by atoms with Crippen molar-refractivity contribution >= 4 is 17.3 Å². The highest BCUT2D eigenvalue weighted by Gasteiger charge is 2.00. The second-order valence-corrected chi connectivity index (χ2v) is 4.69. The topological polar surface area (TPSA) is 50.7 Å². The molecule has 0 heterocycles. The van der Waals surface area contributed by atoms with Crippen LogP contribution in [0.5, 0.6) is 0 Å². The van der Waals surface area contributed by atoms with Crippen LogP contribution in [0.25, 0.3) is 0 Å². The van der Waals surface area contributed by atoms with Gasteiger partial charge < -0.3 is 10.2 Å². The van der Waals surface area contributed by atoms with Crippen LogP contribution in [0.2, 0.25) is 0 Å². The standard InChI is InChI=1S/C17H18N2O2/c1-13(19-21-12-15-6-4-3-5-7-15)16-8-10-17(11-9-16)18-14(2)20/h3-11H,12H2,1-2H3,(H,18,20)/b19-13-. The summed E-state index contributed by atoms with van der Waals surface area (Å²) in [5, 5.41) is 6.84. The van der Waals surface area contributed by atoms with Crippen molar-refractivity contribution in [1.29, 1.82) is 0 Å². The van der Waals surface area contributed by atoms with E-state index in [-0.39, 0.29) is 5.91 Å². The quantitative estimate of drug-likeness (QED) is 0.673. The van der Waals surface area contributed by atoms with E-state index in [2.05, 4.69) is 10.5 Å². The lowest BCUT2D eigenvalue weighted by Gasteiger charge is -2.05. The summed E-state index contributed by atoms with van der Waals surface area (Å²) in [5.41, 5.74) is 3.59. The van der Waals surface area contributed by atoms with E-state index in [1.807, 2.05) is 61.5 Å². The number of anilines is 1. The molecule has 0 radical (unpaired) electrons. The Kier molecular flexibility index (Phi) is 5.10. The number of oxime groups is 1. The van der Waals surface area contributed by atoms with E-state index in [1.54, 1.807) is 0 Å². The van der Waals surface area contributed by atoms with Gasteiger partial charge in [-0.2, -0.15) is 0 Å². The summed E-state index contributed by atoms with van der Waals surface area (Å²) >= 11 is 0. The first-order valence-electron chi connectivity index (χ1n) is 6.73. The van der Waals surface area contributed by atoms with E-state index in [1.165, 1.54) is 6.92 Å². The fourth-order valence-corrected chi connectivity index (χ4v) is 1.83. The summed E-state index contributed by atoms with van der Waals surface area (Å²) in [6.07, 6.45) is 0. The molecule has 0 fully saturated rings. The molecule has 21 heavy (non-hydrogen) atoms. The van der Waals surface area contributed by atoms with Crippen LogP contribution in [0.15, 0.2) is 59.8 Å². The minimum atomic E-state index is -0.0840. The first-order chi connectivity index (χ1) is 10.1. The Bertz CT molecular complexity index is 619. The van der Waals surface area contributed by atoms with Gasteiger partial charge in [0, 0.05) is 12.6 Å². The van der Waals surface area contributed by atoms with E-state index >= 15 is 0 Å². The number of rotatable bonds is 5. The van der Waals surface area contributed by atoms with Crippen molar-refractivity contribution < 1.29 is 9.63 Å². The van der Waals surface area contributed by atoms with Crippen molar-refractivity contribution in [3.05, 3.63) is 65.7 Å². The number of nitrogens with zero attached hydrogens (tertiary/aromatic N) is 1. The summed E-state index contributed by atoms with van der Waals surface area (Å²) in [6.45, 7) is 3.82. The van der Waals surface area contributed by atoms with Crippen molar-refractivity contribution in [2.75, 3.05) is 5.32 Å². The highest BCUT2D eigenvalue weighted by atomic mass is 16.6. The van der Waals surface area contributed by atoms with Crippen molar-refractivity contribution in [2.45, 2.75) is 20.5 Å². The van der Waals surface area contributed by atoms with Crippen LogP contribution < -0.4 is 5.32 Å². The smallest absolute Gasteiger partial charge is 0.221 e. The van der Waals surface area contributed by atoms with Gasteiger partial charge in [-0.25, -0.2) is 0 Å². The molecule has 0 aliphatic heterocycles. The van der Waals surface area contributed by atoms with Gasteiger partial charge in [0.25, 0.3) is 0 Å². The largest absolute Gasteiger partial charge is 0.391 e. The maximum absolute atomic E-state index is 11.0. The molecular formula is C17H18N2O2. The normalized spacial score (nSPS) is 11.0. The van der Waals surface area contributed by atoms with Crippen LogP contribution in [-0.2, 0) is 16.2 Å². The number of hydrogen-bond donors (Lipinski definition) is 1. The first-order valence-corrected chi connectivity index (χ1v) is 6.73. The minimum Gasteiger partial charge on any atom is -0.391 e. The number of amides is 1. The lowest BCUT2D eigenvalue weighted by Crippen LogP contribution is -2.06. The van der Waals surface area contributed by atoms with Crippen molar-refractivity contribution in [2.24, 2.45) is 5.16 Å². The predicted octanol–water partition coefficient (Wildman–Crippen LogP) is 3.59. The Balaban J connectivity index is 1.94. The summed E-state index contributed by atoms with van der Waals surface area (Å²) < 4.78 is 0. The van der Waals surface area contributed by atoms with Gasteiger partial charge >= 0.3 is 0 Å². The Morgan fingerprint density at radius 3 is 2.33 bits per heavy atom. The molecule has 0 atom stereocenters. The van der Waals surface area contributed by atoms with Crippen molar-refractivity contribution in [3.63, 3.8) is 0 Å². The molecule has 0 aliphatic rings. The van der Waals surface area contributed by atoms with E-state index in [9.17, 15) is 4.79 Å². The highest BCUT2D eigenvalue weighted by Crippen LogP contribution is 2.11. The number of hydrogen-bond acceptors (Lipinski definition) is 3. The molecule has 0 bridgehead atoms. The van der Waals surface area contributed by atoms with Gasteiger partial charge in [-0.15, -0.1) is 0 Å². The molecule has 2 aromatic rings. The van der Waals surface area contributed by atoms with E-state index in [0.717, 1.165) is 22.5 Å². The number of benzene rings is 2. The Morgan fingerprint density at radius 2 is 1.71 bits per heavy atom. The fraction of sp³-hybridized carbons (Fsp3) is 0.176. The molecule has 0 saturated heterocycles. The van der Waals surface area contributed by atoms with Gasteiger partial charge in [-0.3, -0.25) is 4.79 Å². The molecule has 1 N–H and O–H groups in total. The third-order valence-electron chi connectivity index (χ3n) is 2.90. The molecule has 0 unspecified atom stereocenters. The monoisotopic (exact) mass is 282 g/mol. The average Bonchev–Trinajstić information content (AvgIpc) is 2.48. The number of carbonyl (C=O) groups excluding carboxylic acids is 1. The molecule has 0 aliphatic carbocycles. The first kappa shape index (κ1) is 14.8. The summed E-state index contributed by atoms with van der Waals surface area (Å²) in [5.74, 6) is -0.0840. The van der Waals surface area contributed by atoms with Gasteiger partial charge in [-0.05, 0) is 30.2 Å². The van der Waals surface area contributed by atoms with Crippen LogP contribution in [-0.4, -0.2) is 11.6 Å². The van der Waals surface area contributed by atoms with Gasteiger partial charge in [0.1, 0.15) is 6.61 Å². The third kappa shape index (κ3) is 4.76. The Morgan fingerprint density at radius 1 is 1.05 bits per heavy atom. The zero-order valence-corrected chi connectivity index (χ0v) is 12.2. The third-order valence-corrected chi connectivity index (χ3v) is 2.90. The second-order valence-electron chi connectivity index (χ2n) is 4.69. The molecule has 2 aromatic carbocycles. The van der Waals surface area contributed by atoms with E-state index in [0.29, 0.717) is 6.61 Å². The van der Waals surface area contributed by atoms with Crippen molar-refractivity contribution in [3.8, 4) is 0 Å². The van der Waals surface area contributed by atoms with Gasteiger partial charge in [-0.1, -0.05) is 47.6 Å². The van der Waals surface area contributed by atoms with Crippen LogP contribution in [0.4, 0.5) is 5.69 Å². The summed E-state index contributed by atoms with van der Waals surface area (Å²) in [7, 11) is 0. The van der Waals surface area contributed by atoms with Crippen LogP contribution in [0.1, 0.15) is 25.0 Å². The molecular weight excluding hydrogens is 264 g/mol.